The highest BCUT2D eigenvalue weighted by Crippen LogP contribution is 2.33. The highest BCUT2D eigenvalue weighted by molar-refractivity contribution is 5.92. The predicted octanol–water partition coefficient (Wildman–Crippen LogP) is 2.75. The van der Waals surface area contributed by atoms with Gasteiger partial charge in [-0.2, -0.15) is 0 Å². The Kier molecular flexibility index (Phi) is 5.21. The Labute approximate surface area is 115 Å². The van der Waals surface area contributed by atoms with E-state index < -0.39 is 0 Å². The zero-order chi connectivity index (χ0) is 13.5. The monoisotopic (exact) mass is 261 g/mol. The first-order valence-corrected chi connectivity index (χ1v) is 6.93. The molecule has 19 heavy (non-hydrogen) atoms. The first-order chi connectivity index (χ1) is 9.29. The van der Waals surface area contributed by atoms with Gasteiger partial charge in [-0.05, 0) is 24.8 Å². The molecule has 3 N–H and O–H groups in total. The lowest BCUT2D eigenvalue weighted by Gasteiger charge is -2.10. The van der Waals surface area contributed by atoms with Crippen molar-refractivity contribution in [2.24, 2.45) is 16.6 Å². The zero-order valence-electron chi connectivity index (χ0n) is 11.6. The molecule has 0 unspecified atom stereocenters. The second-order valence-corrected chi connectivity index (χ2v) is 5.07. The second-order valence-electron chi connectivity index (χ2n) is 5.07. The topological polar surface area (TPSA) is 59.6 Å². The van der Waals surface area contributed by atoms with E-state index in [0.717, 1.165) is 30.1 Å². The van der Waals surface area contributed by atoms with Crippen LogP contribution in [0, 0.1) is 5.92 Å². The zero-order valence-corrected chi connectivity index (χ0v) is 11.6. The Hall–Kier alpha value is -1.55. The fourth-order valence-corrected chi connectivity index (χ4v) is 2.09. The van der Waals surface area contributed by atoms with E-state index >= 15 is 0 Å². The first kappa shape index (κ1) is 13.9. The fraction of sp³-hybridized carbons (Fsp3) is 0.533. The Morgan fingerprint density at radius 3 is 2.95 bits per heavy atom. The number of guanidine groups is 1. The van der Waals surface area contributed by atoms with Gasteiger partial charge in [-0.15, -0.1) is 0 Å². The van der Waals surface area contributed by atoms with Crippen molar-refractivity contribution in [3.05, 3.63) is 29.8 Å². The number of hydrogen-bond acceptors (Lipinski definition) is 2. The Morgan fingerprint density at radius 1 is 1.42 bits per heavy atom. The number of rotatable bonds is 7. The summed E-state index contributed by atoms with van der Waals surface area (Å²) < 4.78 is 5.16. The number of ether oxygens (including phenoxy) is 1. The van der Waals surface area contributed by atoms with Gasteiger partial charge in [0.05, 0.1) is 6.61 Å². The van der Waals surface area contributed by atoms with Crippen molar-refractivity contribution in [2.75, 3.05) is 19.0 Å². The maximum Gasteiger partial charge on any atom is 0.193 e. The van der Waals surface area contributed by atoms with Crippen LogP contribution >= 0.6 is 0 Å². The number of aliphatic imine (C=N–C) groups is 1. The van der Waals surface area contributed by atoms with Crippen LogP contribution in [0.3, 0.4) is 0 Å². The maximum absolute atomic E-state index is 5.90. The number of nitrogens with zero attached hydrogens (tertiary/aromatic N) is 1. The highest BCUT2D eigenvalue weighted by Gasteiger charge is 2.19. The molecule has 1 aromatic carbocycles. The van der Waals surface area contributed by atoms with Gasteiger partial charge < -0.3 is 15.8 Å². The van der Waals surface area contributed by atoms with Gasteiger partial charge in [0.25, 0.3) is 0 Å². The third kappa shape index (κ3) is 4.91. The molecule has 0 amide bonds. The molecule has 1 fully saturated rings. The minimum Gasteiger partial charge on any atom is -0.380 e. The van der Waals surface area contributed by atoms with Gasteiger partial charge in [0.2, 0.25) is 0 Å². The summed E-state index contributed by atoms with van der Waals surface area (Å²) in [6, 6.07) is 7.97. The Balaban J connectivity index is 1.82. The Bertz CT molecular complexity index is 427. The van der Waals surface area contributed by atoms with Gasteiger partial charge in [0.1, 0.15) is 0 Å². The number of nitrogens with one attached hydrogen (secondary N) is 1. The molecular weight excluding hydrogens is 238 g/mol. The summed E-state index contributed by atoms with van der Waals surface area (Å²) in [5.41, 5.74) is 7.95. The number of anilines is 1. The molecule has 1 aliphatic rings. The normalized spacial score (nSPS) is 15.5. The van der Waals surface area contributed by atoms with Crippen molar-refractivity contribution in [1.82, 2.24) is 0 Å². The third-order valence-electron chi connectivity index (χ3n) is 3.33. The minimum absolute atomic E-state index is 0.486. The lowest BCUT2D eigenvalue weighted by Crippen LogP contribution is -2.23. The lowest BCUT2D eigenvalue weighted by atomic mass is 10.2. The predicted molar refractivity (Wildman–Crippen MR) is 79.2 cm³/mol. The molecule has 0 bridgehead atoms. The fourth-order valence-electron chi connectivity index (χ4n) is 2.09. The van der Waals surface area contributed by atoms with Gasteiger partial charge >= 0.3 is 0 Å². The summed E-state index contributed by atoms with van der Waals surface area (Å²) in [6.45, 7) is 1.37. The van der Waals surface area contributed by atoms with Crippen LogP contribution in [0.1, 0.15) is 31.2 Å². The van der Waals surface area contributed by atoms with Crippen LogP contribution in [0.5, 0.6) is 0 Å². The van der Waals surface area contributed by atoms with Gasteiger partial charge in [-0.25, -0.2) is 0 Å². The smallest absolute Gasteiger partial charge is 0.193 e. The van der Waals surface area contributed by atoms with Crippen molar-refractivity contribution in [1.29, 1.82) is 0 Å². The minimum atomic E-state index is 0.486. The lowest BCUT2D eigenvalue weighted by molar-refractivity contribution is 0.185. The van der Waals surface area contributed by atoms with Crippen molar-refractivity contribution in [2.45, 2.75) is 32.3 Å². The van der Waals surface area contributed by atoms with E-state index in [-0.39, 0.29) is 0 Å². The van der Waals surface area contributed by atoms with E-state index in [1.807, 2.05) is 24.3 Å². The summed E-state index contributed by atoms with van der Waals surface area (Å²) in [5.74, 6) is 1.45. The maximum atomic E-state index is 5.90. The summed E-state index contributed by atoms with van der Waals surface area (Å²) >= 11 is 0. The first-order valence-electron chi connectivity index (χ1n) is 6.93. The van der Waals surface area contributed by atoms with E-state index in [2.05, 4.69) is 10.3 Å². The van der Waals surface area contributed by atoms with Crippen molar-refractivity contribution in [3.63, 3.8) is 0 Å². The standard InChI is InChI=1S/C15H23N3O/c1-19-11-13-6-2-3-7-14(13)18-15(16)17-10-4-5-12-8-9-12/h2-3,6-7,12H,4-5,8-11H2,1H3,(H3,16,17,18). The molecule has 0 saturated heterocycles. The molecule has 4 nitrogen and oxygen atoms in total. The molecule has 1 saturated carbocycles. The molecule has 104 valence electrons. The van der Waals surface area contributed by atoms with Crippen molar-refractivity contribution in [3.8, 4) is 0 Å². The highest BCUT2D eigenvalue weighted by atomic mass is 16.5. The van der Waals surface area contributed by atoms with E-state index in [9.17, 15) is 0 Å². The van der Waals surface area contributed by atoms with Gasteiger partial charge in [-0.1, -0.05) is 31.0 Å². The summed E-state index contributed by atoms with van der Waals surface area (Å²) in [4.78, 5) is 4.36. The number of methoxy groups -OCH3 is 1. The number of nitrogens with two attached hydrogens (primary N) is 1. The molecule has 0 aromatic heterocycles. The molecular formula is C15H23N3O. The van der Waals surface area contributed by atoms with Crippen molar-refractivity contribution < 1.29 is 4.74 Å². The van der Waals surface area contributed by atoms with Crippen LogP contribution in [0.2, 0.25) is 0 Å². The van der Waals surface area contributed by atoms with E-state index in [1.165, 1.54) is 19.3 Å². The van der Waals surface area contributed by atoms with Crippen molar-refractivity contribution >= 4 is 11.6 Å². The number of benzene rings is 1. The van der Waals surface area contributed by atoms with Gasteiger partial charge in [0, 0.05) is 24.9 Å². The molecule has 0 spiro atoms. The molecule has 4 heteroatoms. The molecule has 0 radical (unpaired) electrons. The van der Waals surface area contributed by atoms with E-state index in [0.29, 0.717) is 12.6 Å². The largest absolute Gasteiger partial charge is 0.380 e. The second kappa shape index (κ2) is 7.14. The number of hydrogen-bond donors (Lipinski definition) is 2. The molecule has 0 atom stereocenters. The SMILES string of the molecule is COCc1ccccc1NC(N)=NCCCC1CC1. The van der Waals surface area contributed by atoms with Gasteiger partial charge in [-0.3, -0.25) is 4.99 Å². The molecule has 0 heterocycles. The van der Waals surface area contributed by atoms with Crippen LogP contribution in [-0.4, -0.2) is 19.6 Å². The summed E-state index contributed by atoms with van der Waals surface area (Å²) in [6.07, 6.45) is 5.23. The van der Waals surface area contributed by atoms with E-state index in [4.69, 9.17) is 10.5 Å². The Morgan fingerprint density at radius 2 is 2.21 bits per heavy atom. The number of para-hydroxylation sites is 1. The van der Waals surface area contributed by atoms with Crippen LogP contribution in [0.4, 0.5) is 5.69 Å². The van der Waals surface area contributed by atoms with Crippen LogP contribution < -0.4 is 11.1 Å². The van der Waals surface area contributed by atoms with E-state index in [1.54, 1.807) is 7.11 Å². The van der Waals surface area contributed by atoms with Crippen LogP contribution in [-0.2, 0) is 11.3 Å². The molecule has 0 aliphatic heterocycles. The third-order valence-corrected chi connectivity index (χ3v) is 3.33. The average molecular weight is 261 g/mol. The average Bonchev–Trinajstić information content (AvgIpc) is 3.21. The summed E-state index contributed by atoms with van der Waals surface area (Å²) in [5, 5.41) is 3.15. The molecule has 1 aromatic rings. The molecule has 2 rings (SSSR count). The van der Waals surface area contributed by atoms with Crippen LogP contribution in [0.15, 0.2) is 29.3 Å². The van der Waals surface area contributed by atoms with Crippen LogP contribution in [0.25, 0.3) is 0 Å². The summed E-state index contributed by atoms with van der Waals surface area (Å²) in [7, 11) is 1.69. The quantitative estimate of drug-likeness (QED) is 0.451. The van der Waals surface area contributed by atoms with Gasteiger partial charge in [0.15, 0.2) is 5.96 Å². The molecule has 1 aliphatic carbocycles.